The monoisotopic (exact) mass is 406 g/mol. The van der Waals surface area contributed by atoms with E-state index in [2.05, 4.69) is 19.9 Å². The summed E-state index contributed by atoms with van der Waals surface area (Å²) in [5, 5.41) is 8.71. The van der Waals surface area contributed by atoms with Gasteiger partial charge in [0.05, 0.1) is 11.3 Å². The average Bonchev–Trinajstić information content (AvgIpc) is 3.23. The molecule has 0 aliphatic heterocycles. The number of benzene rings is 1. The Hall–Kier alpha value is -2.32. The second-order valence-electron chi connectivity index (χ2n) is 6.86. The van der Waals surface area contributed by atoms with E-state index in [0.29, 0.717) is 39.5 Å². The zero-order chi connectivity index (χ0) is 19.3. The van der Waals surface area contributed by atoms with E-state index >= 15 is 0 Å². The van der Waals surface area contributed by atoms with Gasteiger partial charge in [-0.05, 0) is 57.4 Å². The van der Waals surface area contributed by atoms with Crippen LogP contribution >= 0.6 is 11.6 Å². The molecule has 1 aromatic carbocycles. The molecule has 0 atom stereocenters. The van der Waals surface area contributed by atoms with Crippen molar-refractivity contribution in [2.45, 2.75) is 44.4 Å². The molecule has 0 unspecified atom stereocenters. The van der Waals surface area contributed by atoms with Crippen LogP contribution in [0.1, 0.15) is 41.6 Å². The molecule has 27 heavy (non-hydrogen) atoms. The Labute approximate surface area is 162 Å². The first-order valence-corrected chi connectivity index (χ1v) is 10.4. The van der Waals surface area contributed by atoms with Gasteiger partial charge in [0.1, 0.15) is 4.90 Å². The number of anilines is 1. The van der Waals surface area contributed by atoms with Crippen LogP contribution in [0.3, 0.4) is 0 Å². The van der Waals surface area contributed by atoms with Gasteiger partial charge < -0.3 is 9.40 Å². The van der Waals surface area contributed by atoms with Crippen molar-refractivity contribution in [3.8, 4) is 11.5 Å². The highest BCUT2D eigenvalue weighted by atomic mass is 35.5. The fourth-order valence-corrected chi connectivity index (χ4v) is 4.93. The van der Waals surface area contributed by atoms with Crippen molar-refractivity contribution in [1.29, 1.82) is 0 Å². The number of sulfonamides is 1. The van der Waals surface area contributed by atoms with Gasteiger partial charge in [-0.25, -0.2) is 8.42 Å². The van der Waals surface area contributed by atoms with E-state index in [0.717, 1.165) is 18.4 Å². The second-order valence-corrected chi connectivity index (χ2v) is 8.92. The molecular weight excluding hydrogens is 388 g/mol. The van der Waals surface area contributed by atoms with Gasteiger partial charge in [0.25, 0.3) is 15.9 Å². The van der Waals surface area contributed by atoms with Crippen LogP contribution in [-0.2, 0) is 10.0 Å². The predicted octanol–water partition coefficient (Wildman–Crippen LogP) is 4.32. The molecule has 0 radical (unpaired) electrons. The summed E-state index contributed by atoms with van der Waals surface area (Å²) in [6.07, 6.45) is 2.05. The van der Waals surface area contributed by atoms with Gasteiger partial charge in [-0.1, -0.05) is 11.6 Å². The van der Waals surface area contributed by atoms with Crippen molar-refractivity contribution in [3.05, 3.63) is 46.1 Å². The number of nitrogens with zero attached hydrogens (tertiary/aromatic N) is 2. The lowest BCUT2D eigenvalue weighted by Crippen LogP contribution is -2.15. The highest BCUT2D eigenvalue weighted by Crippen LogP contribution is 2.41. The van der Waals surface area contributed by atoms with E-state index in [1.54, 1.807) is 39.0 Å². The maximum atomic E-state index is 13.2. The minimum absolute atomic E-state index is 0.111. The van der Waals surface area contributed by atoms with E-state index in [9.17, 15) is 8.42 Å². The molecule has 3 aromatic rings. The number of aromatic amines is 1. The number of aromatic nitrogens is 3. The summed E-state index contributed by atoms with van der Waals surface area (Å²) in [6, 6.07) is 4.99. The van der Waals surface area contributed by atoms with Crippen LogP contribution in [0.5, 0.6) is 0 Å². The topological polar surface area (TPSA) is 101 Å². The van der Waals surface area contributed by atoms with Crippen LogP contribution < -0.4 is 4.72 Å². The van der Waals surface area contributed by atoms with Crippen LogP contribution in [0, 0.1) is 20.8 Å². The van der Waals surface area contributed by atoms with E-state index in [1.165, 1.54) is 0 Å². The lowest BCUT2D eigenvalue weighted by atomic mass is 10.2. The number of hydrogen-bond acceptors (Lipinski definition) is 5. The standard InChI is InChI=1S/C18H19ClN4O3S/c1-9-8-13(19)6-7-14(9)23-27(24,25)16-11(3)20-10(2)15(16)18-22-21-17(26-18)12-4-5-12/h6-8,12,20,23H,4-5H2,1-3H3. The van der Waals surface area contributed by atoms with Crippen LogP contribution in [0.25, 0.3) is 11.5 Å². The number of nitrogens with one attached hydrogen (secondary N) is 2. The zero-order valence-electron chi connectivity index (χ0n) is 15.1. The molecule has 2 aromatic heterocycles. The minimum Gasteiger partial charge on any atom is -0.420 e. The summed E-state index contributed by atoms with van der Waals surface area (Å²) in [4.78, 5) is 3.19. The molecule has 9 heteroatoms. The third kappa shape index (κ3) is 3.35. The Morgan fingerprint density at radius 1 is 1.19 bits per heavy atom. The van der Waals surface area contributed by atoms with E-state index < -0.39 is 10.0 Å². The molecule has 0 spiro atoms. The Balaban J connectivity index is 1.78. The predicted molar refractivity (Wildman–Crippen MR) is 103 cm³/mol. The van der Waals surface area contributed by atoms with Gasteiger partial charge in [0, 0.05) is 22.3 Å². The molecular formula is C18H19ClN4O3S. The molecule has 1 fully saturated rings. The summed E-state index contributed by atoms with van der Waals surface area (Å²) in [5.74, 6) is 1.07. The third-order valence-corrected chi connectivity index (χ3v) is 6.37. The summed E-state index contributed by atoms with van der Waals surface area (Å²) in [5.41, 5.74) is 2.77. The number of rotatable bonds is 5. The Morgan fingerprint density at radius 2 is 1.93 bits per heavy atom. The molecule has 2 N–H and O–H groups in total. The fourth-order valence-electron chi connectivity index (χ4n) is 3.12. The largest absolute Gasteiger partial charge is 0.420 e. The van der Waals surface area contributed by atoms with Crippen LogP contribution in [0.4, 0.5) is 5.69 Å². The summed E-state index contributed by atoms with van der Waals surface area (Å²) in [7, 11) is -3.88. The number of hydrogen-bond donors (Lipinski definition) is 2. The van der Waals surface area contributed by atoms with Gasteiger partial charge in [0.2, 0.25) is 5.89 Å². The first-order valence-electron chi connectivity index (χ1n) is 8.58. The molecule has 2 heterocycles. The Bertz CT molecular complexity index is 1130. The summed E-state index contributed by atoms with van der Waals surface area (Å²) >= 11 is 5.96. The van der Waals surface area contributed by atoms with Crippen molar-refractivity contribution in [1.82, 2.24) is 15.2 Å². The first kappa shape index (κ1) is 18.1. The lowest BCUT2D eigenvalue weighted by molar-refractivity contribution is 0.507. The quantitative estimate of drug-likeness (QED) is 0.657. The molecule has 0 amide bonds. The highest BCUT2D eigenvalue weighted by Gasteiger charge is 2.33. The SMILES string of the molecule is Cc1cc(Cl)ccc1NS(=O)(=O)c1c(C)[nH]c(C)c1-c1nnc(C2CC2)o1. The first-order chi connectivity index (χ1) is 12.8. The molecule has 1 aliphatic carbocycles. The van der Waals surface area contributed by atoms with Gasteiger partial charge in [-0.3, -0.25) is 4.72 Å². The van der Waals surface area contributed by atoms with Crippen LogP contribution in [0.15, 0.2) is 27.5 Å². The molecule has 1 aliphatic rings. The molecule has 4 rings (SSSR count). The summed E-state index contributed by atoms with van der Waals surface area (Å²) < 4.78 is 34.7. The van der Waals surface area contributed by atoms with E-state index in [-0.39, 0.29) is 10.8 Å². The maximum absolute atomic E-state index is 13.2. The smallest absolute Gasteiger partial charge is 0.264 e. The third-order valence-electron chi connectivity index (χ3n) is 4.60. The van der Waals surface area contributed by atoms with Gasteiger partial charge >= 0.3 is 0 Å². The van der Waals surface area contributed by atoms with Crippen molar-refractivity contribution >= 4 is 27.3 Å². The highest BCUT2D eigenvalue weighted by molar-refractivity contribution is 7.93. The van der Waals surface area contributed by atoms with Gasteiger partial charge in [-0.2, -0.15) is 0 Å². The Kier molecular flexibility index (Phi) is 4.27. The van der Waals surface area contributed by atoms with Crippen molar-refractivity contribution in [2.24, 2.45) is 0 Å². The fraction of sp³-hybridized carbons (Fsp3) is 0.333. The number of H-pyrrole nitrogens is 1. The zero-order valence-corrected chi connectivity index (χ0v) is 16.7. The second kappa shape index (κ2) is 6.38. The van der Waals surface area contributed by atoms with E-state index in [1.807, 2.05) is 0 Å². The van der Waals surface area contributed by atoms with Crippen molar-refractivity contribution in [2.75, 3.05) is 4.72 Å². The van der Waals surface area contributed by atoms with E-state index in [4.69, 9.17) is 16.0 Å². The van der Waals surface area contributed by atoms with Crippen LogP contribution in [0.2, 0.25) is 5.02 Å². The molecule has 142 valence electrons. The Morgan fingerprint density at radius 3 is 2.59 bits per heavy atom. The summed E-state index contributed by atoms with van der Waals surface area (Å²) in [6.45, 7) is 5.29. The lowest BCUT2D eigenvalue weighted by Gasteiger charge is -2.11. The number of aryl methyl sites for hydroxylation is 3. The van der Waals surface area contributed by atoms with Gasteiger partial charge in [-0.15, -0.1) is 10.2 Å². The maximum Gasteiger partial charge on any atom is 0.264 e. The number of halogens is 1. The molecule has 0 saturated heterocycles. The van der Waals surface area contributed by atoms with Crippen LogP contribution in [-0.4, -0.2) is 23.6 Å². The molecule has 0 bridgehead atoms. The van der Waals surface area contributed by atoms with Crippen molar-refractivity contribution < 1.29 is 12.8 Å². The molecule has 1 saturated carbocycles. The normalized spacial score (nSPS) is 14.5. The van der Waals surface area contributed by atoms with Crippen molar-refractivity contribution in [3.63, 3.8) is 0 Å². The minimum atomic E-state index is -3.88. The average molecular weight is 407 g/mol. The molecule has 7 nitrogen and oxygen atoms in total. The van der Waals surface area contributed by atoms with Gasteiger partial charge in [0.15, 0.2) is 0 Å².